The van der Waals surface area contributed by atoms with E-state index in [0.717, 1.165) is 14.8 Å². The molecule has 0 atom stereocenters. The minimum Gasteiger partial charge on any atom is -0.322 e. The largest absolute Gasteiger partial charge is 0.322 e. The van der Waals surface area contributed by atoms with Crippen LogP contribution in [-0.2, 0) is 10.0 Å². The fourth-order valence-corrected chi connectivity index (χ4v) is 4.37. The summed E-state index contributed by atoms with van der Waals surface area (Å²) in [5, 5.41) is 3.40. The summed E-state index contributed by atoms with van der Waals surface area (Å²) in [4.78, 5) is 18.4. The molecule has 0 spiro atoms. The van der Waals surface area contributed by atoms with E-state index in [2.05, 4.69) is 10.3 Å². The summed E-state index contributed by atoms with van der Waals surface area (Å²) in [7, 11) is -0.663. The number of sulfonamides is 1. The van der Waals surface area contributed by atoms with Gasteiger partial charge in [-0.2, -0.15) is 0 Å². The summed E-state index contributed by atoms with van der Waals surface area (Å²) in [6.45, 7) is 1.81. The highest BCUT2D eigenvalue weighted by Gasteiger charge is 2.20. The fraction of sp³-hybridized carbons (Fsp3) is 0.143. The predicted octanol–water partition coefficient (Wildman–Crippen LogP) is 4.04. The maximum Gasteiger partial charge on any atom is 0.258 e. The van der Waals surface area contributed by atoms with Crippen LogP contribution in [0.5, 0.6) is 0 Å². The Morgan fingerprint density at radius 2 is 1.76 bits per heavy atom. The molecule has 0 bridgehead atoms. The van der Waals surface area contributed by atoms with Gasteiger partial charge < -0.3 is 5.32 Å². The summed E-state index contributed by atoms with van der Waals surface area (Å²) >= 11 is 1.39. The maximum absolute atomic E-state index is 12.9. The molecule has 0 aliphatic rings. The van der Waals surface area contributed by atoms with Crippen molar-refractivity contribution in [1.82, 2.24) is 9.29 Å². The number of hydrogen-bond donors (Lipinski definition) is 1. The Kier molecular flexibility index (Phi) is 6.36. The number of benzene rings is 2. The average Bonchev–Trinajstić information content (AvgIpc) is 2.70. The Bertz CT molecular complexity index is 1130. The molecule has 0 fully saturated rings. The summed E-state index contributed by atoms with van der Waals surface area (Å²) < 4.78 is 26.0. The van der Waals surface area contributed by atoms with E-state index in [0.29, 0.717) is 16.3 Å². The molecule has 3 rings (SSSR count). The maximum atomic E-state index is 12.9. The highest BCUT2D eigenvalue weighted by atomic mass is 32.2. The zero-order chi connectivity index (χ0) is 21.0. The van der Waals surface area contributed by atoms with Gasteiger partial charge in [0, 0.05) is 30.9 Å². The van der Waals surface area contributed by atoms with Crippen molar-refractivity contribution in [2.45, 2.75) is 21.7 Å². The van der Waals surface area contributed by atoms with Gasteiger partial charge in [-0.05, 0) is 48.9 Å². The lowest BCUT2D eigenvalue weighted by atomic mass is 10.2. The lowest BCUT2D eigenvalue weighted by molar-refractivity contribution is 0.102. The average molecular weight is 428 g/mol. The van der Waals surface area contributed by atoms with E-state index in [4.69, 9.17) is 0 Å². The highest BCUT2D eigenvalue weighted by Crippen LogP contribution is 2.29. The van der Waals surface area contributed by atoms with Crippen molar-refractivity contribution in [3.63, 3.8) is 0 Å². The van der Waals surface area contributed by atoms with Crippen LogP contribution in [0.1, 0.15) is 15.9 Å². The first-order chi connectivity index (χ1) is 13.8. The van der Waals surface area contributed by atoms with Crippen LogP contribution < -0.4 is 5.32 Å². The van der Waals surface area contributed by atoms with Crippen molar-refractivity contribution in [2.24, 2.45) is 0 Å². The van der Waals surface area contributed by atoms with Crippen molar-refractivity contribution >= 4 is 33.4 Å². The minimum atomic E-state index is -3.60. The normalized spacial score (nSPS) is 11.4. The van der Waals surface area contributed by atoms with Gasteiger partial charge in [0.1, 0.15) is 5.03 Å². The molecule has 3 aromatic rings. The monoisotopic (exact) mass is 427 g/mol. The summed E-state index contributed by atoms with van der Waals surface area (Å²) in [5.41, 5.74) is 1.62. The molecular formula is C21H21N3O3S2. The first-order valence-corrected chi connectivity index (χ1v) is 11.1. The Hall–Kier alpha value is -2.68. The van der Waals surface area contributed by atoms with Crippen LogP contribution in [0.4, 0.5) is 5.69 Å². The van der Waals surface area contributed by atoms with E-state index < -0.39 is 10.0 Å². The SMILES string of the molecule is Cc1ccc(S(=O)(=O)N(C)C)cc1NC(=O)c1cccnc1Sc1ccccc1. The van der Waals surface area contributed by atoms with Gasteiger partial charge in [-0.25, -0.2) is 17.7 Å². The standard InChI is InChI=1S/C21H21N3O3S2/c1-15-11-12-17(29(26,27)24(2)3)14-19(15)23-20(25)18-10-7-13-22-21(18)28-16-8-5-4-6-9-16/h4-14H,1-3H3,(H,23,25). The number of nitrogens with one attached hydrogen (secondary N) is 1. The van der Waals surface area contributed by atoms with E-state index in [9.17, 15) is 13.2 Å². The lowest BCUT2D eigenvalue weighted by Crippen LogP contribution is -2.22. The van der Waals surface area contributed by atoms with Crippen LogP contribution in [0.15, 0.2) is 81.7 Å². The molecule has 6 nitrogen and oxygen atoms in total. The van der Waals surface area contributed by atoms with Gasteiger partial charge in [-0.3, -0.25) is 4.79 Å². The Morgan fingerprint density at radius 1 is 1.03 bits per heavy atom. The van der Waals surface area contributed by atoms with Gasteiger partial charge in [-0.15, -0.1) is 0 Å². The number of aryl methyl sites for hydroxylation is 1. The molecule has 1 amide bonds. The van der Waals surface area contributed by atoms with Gasteiger partial charge in [0.15, 0.2) is 0 Å². The molecule has 0 radical (unpaired) electrons. The van der Waals surface area contributed by atoms with Crippen LogP contribution in [-0.4, -0.2) is 37.7 Å². The molecule has 8 heteroatoms. The third-order valence-electron chi connectivity index (χ3n) is 4.21. The van der Waals surface area contributed by atoms with Gasteiger partial charge >= 0.3 is 0 Å². The Labute approximate surface area is 175 Å². The molecule has 1 heterocycles. The van der Waals surface area contributed by atoms with Gasteiger partial charge in [0.2, 0.25) is 10.0 Å². The van der Waals surface area contributed by atoms with E-state index in [1.807, 2.05) is 37.3 Å². The second kappa shape index (κ2) is 8.77. The number of hydrogen-bond acceptors (Lipinski definition) is 5. The zero-order valence-corrected chi connectivity index (χ0v) is 17.9. The Morgan fingerprint density at radius 3 is 2.45 bits per heavy atom. The van der Waals surface area contributed by atoms with Crippen LogP contribution >= 0.6 is 11.8 Å². The fourth-order valence-electron chi connectivity index (χ4n) is 2.54. The number of rotatable bonds is 6. The number of pyridine rings is 1. The predicted molar refractivity (Wildman–Crippen MR) is 115 cm³/mol. The summed E-state index contributed by atoms with van der Waals surface area (Å²) in [6.07, 6.45) is 1.64. The summed E-state index contributed by atoms with van der Waals surface area (Å²) in [5.74, 6) is -0.348. The van der Waals surface area contributed by atoms with E-state index in [1.54, 1.807) is 24.4 Å². The molecule has 0 saturated carbocycles. The van der Waals surface area contributed by atoms with Crippen LogP contribution in [0.25, 0.3) is 0 Å². The molecule has 0 saturated heterocycles. The minimum absolute atomic E-state index is 0.119. The quantitative estimate of drug-likeness (QED) is 0.642. The van der Waals surface area contributed by atoms with Crippen LogP contribution in [0.3, 0.4) is 0 Å². The highest BCUT2D eigenvalue weighted by molar-refractivity contribution is 7.99. The van der Waals surface area contributed by atoms with Crippen LogP contribution in [0.2, 0.25) is 0 Å². The molecule has 2 aromatic carbocycles. The number of aromatic nitrogens is 1. The second-order valence-electron chi connectivity index (χ2n) is 6.49. The molecule has 1 aromatic heterocycles. The van der Waals surface area contributed by atoms with E-state index in [1.165, 1.54) is 38.0 Å². The molecule has 0 aliphatic carbocycles. The number of anilines is 1. The molecular weight excluding hydrogens is 406 g/mol. The molecule has 29 heavy (non-hydrogen) atoms. The van der Waals surface area contributed by atoms with Gasteiger partial charge in [0.25, 0.3) is 5.91 Å². The van der Waals surface area contributed by atoms with Gasteiger partial charge in [-0.1, -0.05) is 36.0 Å². The first kappa shape index (κ1) is 21.0. The third kappa shape index (κ3) is 4.84. The first-order valence-electron chi connectivity index (χ1n) is 8.81. The van der Waals surface area contributed by atoms with Crippen LogP contribution in [0, 0.1) is 6.92 Å². The molecule has 1 N–H and O–H groups in total. The van der Waals surface area contributed by atoms with Gasteiger partial charge in [0.05, 0.1) is 10.5 Å². The van der Waals surface area contributed by atoms with E-state index >= 15 is 0 Å². The number of amides is 1. The molecule has 0 aliphatic heterocycles. The lowest BCUT2D eigenvalue weighted by Gasteiger charge is -2.15. The number of carbonyl (C=O) groups is 1. The Balaban J connectivity index is 1.90. The van der Waals surface area contributed by atoms with E-state index in [-0.39, 0.29) is 10.8 Å². The topological polar surface area (TPSA) is 79.4 Å². The second-order valence-corrected chi connectivity index (χ2v) is 9.70. The molecule has 150 valence electrons. The van der Waals surface area contributed by atoms with Crippen molar-refractivity contribution in [1.29, 1.82) is 0 Å². The third-order valence-corrected chi connectivity index (χ3v) is 7.05. The smallest absolute Gasteiger partial charge is 0.258 e. The van der Waals surface area contributed by atoms with Crippen molar-refractivity contribution in [3.8, 4) is 0 Å². The number of nitrogens with zero attached hydrogens (tertiary/aromatic N) is 2. The molecule has 0 unspecified atom stereocenters. The van der Waals surface area contributed by atoms with Crippen molar-refractivity contribution in [2.75, 3.05) is 19.4 Å². The van der Waals surface area contributed by atoms with Crippen molar-refractivity contribution < 1.29 is 13.2 Å². The summed E-state index contributed by atoms with van der Waals surface area (Å²) in [6, 6.07) is 17.7. The zero-order valence-electron chi connectivity index (χ0n) is 16.3. The number of carbonyl (C=O) groups excluding carboxylic acids is 1. The van der Waals surface area contributed by atoms with Crippen molar-refractivity contribution in [3.05, 3.63) is 78.0 Å².